The van der Waals surface area contributed by atoms with Crippen LogP contribution in [0.1, 0.15) is 42.1 Å². The molecule has 0 spiro atoms. The van der Waals surface area contributed by atoms with Gasteiger partial charge in [-0.1, -0.05) is 23.5 Å². The van der Waals surface area contributed by atoms with Gasteiger partial charge in [-0.2, -0.15) is 0 Å². The molecular formula is C9H14N6S. The van der Waals surface area contributed by atoms with E-state index in [2.05, 4.69) is 33.7 Å². The molecule has 0 saturated carbocycles. The van der Waals surface area contributed by atoms with Crippen LogP contribution in [0.2, 0.25) is 0 Å². The van der Waals surface area contributed by atoms with Crippen LogP contribution in [0.4, 0.5) is 0 Å². The molecule has 1 unspecified atom stereocenters. The molecule has 0 radical (unpaired) electrons. The predicted octanol–water partition coefficient (Wildman–Crippen LogP) is 0.838. The second kappa shape index (κ2) is 4.26. The van der Waals surface area contributed by atoms with E-state index in [0.717, 1.165) is 16.3 Å². The summed E-state index contributed by atoms with van der Waals surface area (Å²) in [7, 11) is 1.83. The minimum absolute atomic E-state index is 0.252. The number of aryl methyl sites for hydroxylation is 1. The first-order chi connectivity index (χ1) is 7.61. The normalized spacial score (nSPS) is 13.3. The van der Waals surface area contributed by atoms with Crippen LogP contribution in [0.15, 0.2) is 6.20 Å². The van der Waals surface area contributed by atoms with Crippen molar-refractivity contribution in [3.8, 4) is 0 Å². The second-order valence-electron chi connectivity index (χ2n) is 3.94. The van der Waals surface area contributed by atoms with Gasteiger partial charge in [0.1, 0.15) is 0 Å². The summed E-state index contributed by atoms with van der Waals surface area (Å²) in [5.74, 6) is 0.320. The maximum absolute atomic E-state index is 6.17. The van der Waals surface area contributed by atoms with Crippen molar-refractivity contribution in [3.05, 3.63) is 22.5 Å². The van der Waals surface area contributed by atoms with Crippen LogP contribution in [0.25, 0.3) is 0 Å². The highest BCUT2D eigenvalue weighted by Crippen LogP contribution is 2.28. The Bertz CT molecular complexity index is 474. The summed E-state index contributed by atoms with van der Waals surface area (Å²) in [5, 5.41) is 11.8. The average molecular weight is 238 g/mol. The van der Waals surface area contributed by atoms with Crippen LogP contribution in [0.5, 0.6) is 0 Å². The number of aromatic nitrogens is 5. The maximum Gasteiger partial charge on any atom is 0.0868 e. The van der Waals surface area contributed by atoms with E-state index in [-0.39, 0.29) is 6.04 Å². The molecule has 16 heavy (non-hydrogen) atoms. The van der Waals surface area contributed by atoms with Crippen LogP contribution in [0, 0.1) is 0 Å². The first-order valence-electron chi connectivity index (χ1n) is 5.03. The van der Waals surface area contributed by atoms with Gasteiger partial charge in [0.05, 0.1) is 28.5 Å². The zero-order valence-corrected chi connectivity index (χ0v) is 10.3. The molecule has 7 heteroatoms. The highest BCUT2D eigenvalue weighted by Gasteiger charge is 2.21. The van der Waals surface area contributed by atoms with Crippen molar-refractivity contribution in [2.24, 2.45) is 12.8 Å². The van der Waals surface area contributed by atoms with E-state index in [1.807, 2.05) is 7.05 Å². The molecule has 0 aliphatic rings. The van der Waals surface area contributed by atoms with Crippen molar-refractivity contribution in [2.45, 2.75) is 25.8 Å². The largest absolute Gasteiger partial charge is 0.318 e. The van der Waals surface area contributed by atoms with Crippen molar-refractivity contribution < 1.29 is 0 Å². The number of hydrogen-bond acceptors (Lipinski definition) is 6. The van der Waals surface area contributed by atoms with Crippen molar-refractivity contribution in [3.63, 3.8) is 0 Å². The minimum Gasteiger partial charge on any atom is -0.318 e. The fourth-order valence-electron chi connectivity index (χ4n) is 1.53. The van der Waals surface area contributed by atoms with Crippen LogP contribution in [-0.4, -0.2) is 24.6 Å². The Hall–Kier alpha value is -1.34. The Kier molecular flexibility index (Phi) is 2.97. The Morgan fingerprint density at radius 2 is 2.19 bits per heavy atom. The van der Waals surface area contributed by atoms with Crippen molar-refractivity contribution in [2.75, 3.05) is 0 Å². The molecule has 0 fully saturated rings. The third-order valence-corrected chi connectivity index (χ3v) is 3.26. The summed E-state index contributed by atoms with van der Waals surface area (Å²) in [6.45, 7) is 4.16. The summed E-state index contributed by atoms with van der Waals surface area (Å²) < 4.78 is 5.64. The molecule has 0 bridgehead atoms. The van der Waals surface area contributed by atoms with Crippen LogP contribution < -0.4 is 5.73 Å². The molecule has 2 rings (SSSR count). The van der Waals surface area contributed by atoms with Gasteiger partial charge in [0, 0.05) is 7.05 Å². The Balaban J connectivity index is 2.38. The molecule has 0 aliphatic carbocycles. The topological polar surface area (TPSA) is 82.5 Å². The predicted molar refractivity (Wildman–Crippen MR) is 61.0 cm³/mol. The number of rotatable bonds is 3. The third-order valence-electron chi connectivity index (χ3n) is 2.44. The lowest BCUT2D eigenvalue weighted by molar-refractivity contribution is 0.648. The van der Waals surface area contributed by atoms with E-state index in [1.54, 1.807) is 10.9 Å². The lowest BCUT2D eigenvalue weighted by atomic mass is 10.1. The number of nitrogens with two attached hydrogens (primary N) is 1. The molecule has 6 nitrogen and oxygen atoms in total. The van der Waals surface area contributed by atoms with Crippen LogP contribution in [0.3, 0.4) is 0 Å². The molecule has 2 aromatic heterocycles. The second-order valence-corrected chi connectivity index (χ2v) is 4.72. The standard InChI is InChI=1S/C9H14N6S/c1-5(2)8-9(16-14-12-8)7(10)6-4-11-13-15(6)3/h4-5,7H,10H2,1-3H3. The lowest BCUT2D eigenvalue weighted by Crippen LogP contribution is -2.16. The summed E-state index contributed by atoms with van der Waals surface area (Å²) in [4.78, 5) is 0.986. The third kappa shape index (κ3) is 1.83. The molecule has 0 saturated heterocycles. The maximum atomic E-state index is 6.17. The van der Waals surface area contributed by atoms with E-state index >= 15 is 0 Å². The number of hydrogen-bond donors (Lipinski definition) is 1. The van der Waals surface area contributed by atoms with Gasteiger partial charge in [-0.05, 0) is 17.5 Å². The van der Waals surface area contributed by atoms with E-state index in [1.165, 1.54) is 11.5 Å². The molecule has 86 valence electrons. The highest BCUT2D eigenvalue weighted by molar-refractivity contribution is 7.05. The fraction of sp³-hybridized carbons (Fsp3) is 0.556. The monoisotopic (exact) mass is 238 g/mol. The quantitative estimate of drug-likeness (QED) is 0.856. The average Bonchev–Trinajstić information content (AvgIpc) is 2.84. The number of nitrogens with zero attached hydrogens (tertiary/aromatic N) is 5. The van der Waals surface area contributed by atoms with E-state index in [4.69, 9.17) is 5.73 Å². The summed E-state index contributed by atoms with van der Waals surface area (Å²) in [5.41, 5.74) is 8.00. The molecule has 2 N–H and O–H groups in total. The van der Waals surface area contributed by atoms with Crippen LogP contribution in [-0.2, 0) is 7.05 Å². The van der Waals surface area contributed by atoms with Crippen molar-refractivity contribution in [1.82, 2.24) is 24.6 Å². The Morgan fingerprint density at radius 1 is 1.44 bits per heavy atom. The van der Waals surface area contributed by atoms with Gasteiger partial charge >= 0.3 is 0 Å². The van der Waals surface area contributed by atoms with Crippen LogP contribution >= 0.6 is 11.5 Å². The molecule has 0 aliphatic heterocycles. The van der Waals surface area contributed by atoms with Gasteiger partial charge in [0.2, 0.25) is 0 Å². The fourth-order valence-corrected chi connectivity index (χ4v) is 2.36. The summed E-state index contributed by atoms with van der Waals surface area (Å²) >= 11 is 1.34. The first kappa shape index (κ1) is 11.2. The Labute approximate surface area is 97.6 Å². The molecule has 0 amide bonds. The van der Waals surface area contributed by atoms with Crippen molar-refractivity contribution >= 4 is 11.5 Å². The molecular weight excluding hydrogens is 224 g/mol. The van der Waals surface area contributed by atoms with E-state index < -0.39 is 0 Å². The molecule has 1 atom stereocenters. The van der Waals surface area contributed by atoms with Gasteiger partial charge in [-0.15, -0.1) is 10.2 Å². The molecule has 0 aromatic carbocycles. The van der Waals surface area contributed by atoms with Gasteiger partial charge in [0.15, 0.2) is 0 Å². The van der Waals surface area contributed by atoms with Gasteiger partial charge in [-0.3, -0.25) is 4.68 Å². The lowest BCUT2D eigenvalue weighted by Gasteiger charge is -2.11. The first-order valence-corrected chi connectivity index (χ1v) is 5.81. The van der Waals surface area contributed by atoms with Gasteiger partial charge in [0.25, 0.3) is 0 Å². The zero-order chi connectivity index (χ0) is 11.7. The summed E-state index contributed by atoms with van der Waals surface area (Å²) in [6.07, 6.45) is 1.68. The minimum atomic E-state index is -0.252. The SMILES string of the molecule is CC(C)c1nnsc1C(N)c1cnnn1C. The van der Waals surface area contributed by atoms with E-state index in [0.29, 0.717) is 5.92 Å². The van der Waals surface area contributed by atoms with Gasteiger partial charge in [-0.25, -0.2) is 0 Å². The molecule has 2 heterocycles. The van der Waals surface area contributed by atoms with E-state index in [9.17, 15) is 0 Å². The van der Waals surface area contributed by atoms with Gasteiger partial charge < -0.3 is 5.73 Å². The Morgan fingerprint density at radius 3 is 2.75 bits per heavy atom. The zero-order valence-electron chi connectivity index (χ0n) is 9.45. The molecule has 2 aromatic rings. The van der Waals surface area contributed by atoms with Crippen molar-refractivity contribution in [1.29, 1.82) is 0 Å². The smallest absolute Gasteiger partial charge is 0.0868 e. The highest BCUT2D eigenvalue weighted by atomic mass is 32.1. The summed E-state index contributed by atoms with van der Waals surface area (Å²) in [6, 6.07) is -0.252.